The second-order valence-electron chi connectivity index (χ2n) is 6.51. The largest absolute Gasteiger partial charge is 0.324 e. The van der Waals surface area contributed by atoms with Gasteiger partial charge in [0.25, 0.3) is 0 Å². The van der Waals surface area contributed by atoms with Crippen molar-refractivity contribution in [1.29, 1.82) is 0 Å². The van der Waals surface area contributed by atoms with Crippen LogP contribution >= 0.6 is 11.6 Å². The van der Waals surface area contributed by atoms with Gasteiger partial charge < -0.3 is 10.6 Å². The third-order valence-electron chi connectivity index (χ3n) is 5.09. The van der Waals surface area contributed by atoms with E-state index in [-0.39, 0.29) is 6.04 Å². The zero-order valence-corrected chi connectivity index (χ0v) is 14.1. The van der Waals surface area contributed by atoms with Crippen LogP contribution in [0.5, 0.6) is 0 Å². The lowest BCUT2D eigenvalue weighted by Crippen LogP contribution is -2.36. The molecule has 21 heavy (non-hydrogen) atoms. The van der Waals surface area contributed by atoms with E-state index in [0.717, 1.165) is 35.5 Å². The van der Waals surface area contributed by atoms with Gasteiger partial charge in [-0.15, -0.1) is 0 Å². The summed E-state index contributed by atoms with van der Waals surface area (Å²) in [4.78, 5) is 2.51. The average Bonchev–Trinajstić information content (AvgIpc) is 2.52. The number of hydrogen-bond donors (Lipinski definition) is 1. The van der Waals surface area contributed by atoms with E-state index in [2.05, 4.69) is 24.9 Å². The number of rotatable bonds is 6. The van der Waals surface area contributed by atoms with Crippen molar-refractivity contribution in [3.05, 3.63) is 34.9 Å². The Bertz CT molecular complexity index is 427. The van der Waals surface area contributed by atoms with E-state index in [0.29, 0.717) is 0 Å². The molecule has 1 aromatic carbocycles. The van der Waals surface area contributed by atoms with Gasteiger partial charge in [0.15, 0.2) is 0 Å². The van der Waals surface area contributed by atoms with Gasteiger partial charge in [0.1, 0.15) is 0 Å². The van der Waals surface area contributed by atoms with Gasteiger partial charge in [-0.3, -0.25) is 0 Å². The first-order valence-electron chi connectivity index (χ1n) is 8.31. The van der Waals surface area contributed by atoms with Crippen molar-refractivity contribution in [2.45, 2.75) is 57.5 Å². The number of benzene rings is 1. The molecule has 0 aliphatic heterocycles. The molecule has 1 aliphatic rings. The summed E-state index contributed by atoms with van der Waals surface area (Å²) in [6, 6.07) is 8.77. The molecule has 3 heteroatoms. The predicted octanol–water partition coefficient (Wildman–Crippen LogP) is 4.63. The smallest absolute Gasteiger partial charge is 0.0409 e. The molecule has 1 aromatic rings. The van der Waals surface area contributed by atoms with E-state index in [1.54, 1.807) is 0 Å². The predicted molar refractivity (Wildman–Crippen MR) is 91.7 cm³/mol. The standard InChI is InChI=1S/C18H29ClN2/c1-3-14-7-9-17(10-8-14)21(2)12-11-18(20)15-5-4-6-16(19)13-15/h4-6,13-14,17-18H,3,7-12,20H2,1-2H3. The van der Waals surface area contributed by atoms with Gasteiger partial charge in [0.05, 0.1) is 0 Å². The number of nitrogens with zero attached hydrogens (tertiary/aromatic N) is 1. The summed E-state index contributed by atoms with van der Waals surface area (Å²) in [7, 11) is 2.25. The maximum atomic E-state index is 6.30. The molecule has 1 atom stereocenters. The molecule has 1 unspecified atom stereocenters. The van der Waals surface area contributed by atoms with E-state index in [1.165, 1.54) is 32.1 Å². The Labute approximate surface area is 134 Å². The van der Waals surface area contributed by atoms with Crippen molar-refractivity contribution in [3.63, 3.8) is 0 Å². The molecule has 0 radical (unpaired) electrons. The maximum absolute atomic E-state index is 6.30. The Morgan fingerprint density at radius 1 is 1.29 bits per heavy atom. The van der Waals surface area contributed by atoms with Crippen molar-refractivity contribution in [2.24, 2.45) is 11.7 Å². The average molecular weight is 309 g/mol. The van der Waals surface area contributed by atoms with Gasteiger partial charge in [-0.1, -0.05) is 37.1 Å². The zero-order valence-electron chi connectivity index (χ0n) is 13.4. The second-order valence-corrected chi connectivity index (χ2v) is 6.95. The fraction of sp³-hybridized carbons (Fsp3) is 0.667. The van der Waals surface area contributed by atoms with Crippen LogP contribution in [0, 0.1) is 5.92 Å². The highest BCUT2D eigenvalue weighted by atomic mass is 35.5. The Hall–Kier alpha value is -0.570. The zero-order chi connectivity index (χ0) is 15.2. The third-order valence-corrected chi connectivity index (χ3v) is 5.32. The fourth-order valence-electron chi connectivity index (χ4n) is 3.42. The summed E-state index contributed by atoms with van der Waals surface area (Å²) in [5.41, 5.74) is 7.44. The highest BCUT2D eigenvalue weighted by Crippen LogP contribution is 2.29. The molecule has 1 aliphatic carbocycles. The molecule has 1 fully saturated rings. The minimum Gasteiger partial charge on any atom is -0.324 e. The molecule has 118 valence electrons. The van der Waals surface area contributed by atoms with E-state index >= 15 is 0 Å². The minimum absolute atomic E-state index is 0.0816. The van der Waals surface area contributed by atoms with Crippen LogP contribution in [0.3, 0.4) is 0 Å². The van der Waals surface area contributed by atoms with Crippen LogP contribution in [-0.2, 0) is 0 Å². The highest BCUT2D eigenvalue weighted by Gasteiger charge is 2.23. The first kappa shape index (κ1) is 16.8. The first-order valence-corrected chi connectivity index (χ1v) is 8.69. The van der Waals surface area contributed by atoms with Crippen molar-refractivity contribution in [1.82, 2.24) is 4.90 Å². The summed E-state index contributed by atoms with van der Waals surface area (Å²) in [6.45, 7) is 3.38. The Morgan fingerprint density at radius 3 is 2.62 bits per heavy atom. The van der Waals surface area contributed by atoms with Crippen molar-refractivity contribution < 1.29 is 0 Å². The summed E-state index contributed by atoms with van der Waals surface area (Å²) in [6.07, 6.45) is 7.82. The van der Waals surface area contributed by atoms with E-state index in [4.69, 9.17) is 17.3 Å². The lowest BCUT2D eigenvalue weighted by atomic mass is 9.84. The molecule has 0 heterocycles. The molecular formula is C18H29ClN2. The number of hydrogen-bond acceptors (Lipinski definition) is 2. The summed E-state index contributed by atoms with van der Waals surface area (Å²) in [5.74, 6) is 0.961. The Morgan fingerprint density at radius 2 is 2.00 bits per heavy atom. The van der Waals surface area contributed by atoms with Crippen molar-refractivity contribution >= 4 is 11.6 Å². The molecule has 2 N–H and O–H groups in total. The minimum atomic E-state index is 0.0816. The first-order chi connectivity index (χ1) is 10.1. The van der Waals surface area contributed by atoms with E-state index in [9.17, 15) is 0 Å². The molecule has 0 amide bonds. The highest BCUT2D eigenvalue weighted by molar-refractivity contribution is 6.30. The van der Waals surface area contributed by atoms with Gasteiger partial charge in [0, 0.05) is 17.1 Å². The third kappa shape index (κ3) is 4.98. The molecule has 0 spiro atoms. The van der Waals surface area contributed by atoms with Crippen LogP contribution in [0.4, 0.5) is 0 Å². The van der Waals surface area contributed by atoms with E-state index in [1.807, 2.05) is 18.2 Å². The van der Waals surface area contributed by atoms with Crippen LogP contribution in [0.1, 0.15) is 57.1 Å². The molecule has 0 saturated heterocycles. The summed E-state index contributed by atoms with van der Waals surface area (Å²) in [5, 5.41) is 0.772. The lowest BCUT2D eigenvalue weighted by molar-refractivity contribution is 0.159. The molecule has 1 saturated carbocycles. The van der Waals surface area contributed by atoms with Crippen LogP contribution in [0.2, 0.25) is 5.02 Å². The molecule has 0 aromatic heterocycles. The quantitative estimate of drug-likeness (QED) is 0.830. The van der Waals surface area contributed by atoms with Crippen LogP contribution < -0.4 is 5.73 Å². The monoisotopic (exact) mass is 308 g/mol. The Kier molecular flexibility index (Phi) is 6.53. The topological polar surface area (TPSA) is 29.3 Å². The van der Waals surface area contributed by atoms with Gasteiger partial charge in [-0.25, -0.2) is 0 Å². The van der Waals surface area contributed by atoms with Gasteiger partial charge in [-0.2, -0.15) is 0 Å². The van der Waals surface area contributed by atoms with Crippen molar-refractivity contribution in [3.8, 4) is 0 Å². The van der Waals surface area contributed by atoms with Crippen molar-refractivity contribution in [2.75, 3.05) is 13.6 Å². The second kappa shape index (κ2) is 8.17. The van der Waals surface area contributed by atoms with Crippen LogP contribution in [-0.4, -0.2) is 24.5 Å². The molecule has 0 bridgehead atoms. The van der Waals surface area contributed by atoms with Gasteiger partial charge >= 0.3 is 0 Å². The molecule has 2 rings (SSSR count). The number of halogens is 1. The lowest BCUT2D eigenvalue weighted by Gasteiger charge is -2.35. The van der Waals surface area contributed by atoms with Crippen LogP contribution in [0.15, 0.2) is 24.3 Å². The fourth-order valence-corrected chi connectivity index (χ4v) is 3.62. The van der Waals surface area contributed by atoms with Gasteiger partial charge in [0.2, 0.25) is 0 Å². The summed E-state index contributed by atoms with van der Waals surface area (Å²) < 4.78 is 0. The van der Waals surface area contributed by atoms with E-state index < -0.39 is 0 Å². The van der Waals surface area contributed by atoms with Crippen LogP contribution in [0.25, 0.3) is 0 Å². The molecule has 2 nitrogen and oxygen atoms in total. The SMILES string of the molecule is CCC1CCC(N(C)CCC(N)c2cccc(Cl)c2)CC1. The maximum Gasteiger partial charge on any atom is 0.0409 e. The molecular weight excluding hydrogens is 280 g/mol. The summed E-state index contributed by atoms with van der Waals surface area (Å²) >= 11 is 6.03. The Balaban J connectivity index is 1.77. The normalized spacial score (nSPS) is 24.2. The number of nitrogens with two attached hydrogens (primary N) is 1. The van der Waals surface area contributed by atoms with Gasteiger partial charge in [-0.05, 0) is 69.3 Å².